The minimum Gasteiger partial charge on any atom is -0.493 e. The van der Waals surface area contributed by atoms with Crippen LogP contribution in [0.2, 0.25) is 5.02 Å². The smallest absolute Gasteiger partial charge is 0.253 e. The van der Waals surface area contributed by atoms with Gasteiger partial charge in [-0.25, -0.2) is 4.99 Å². The second-order valence-electron chi connectivity index (χ2n) is 7.13. The first-order valence-corrected chi connectivity index (χ1v) is 10.5. The summed E-state index contributed by atoms with van der Waals surface area (Å²) in [5, 5.41) is 7.28. The lowest BCUT2D eigenvalue weighted by atomic mass is 10.1. The number of amides is 1. The number of ether oxygens (including phenoxy) is 1. The average Bonchev–Trinajstić information content (AvgIpc) is 2.72. The molecule has 8 heteroatoms. The first-order valence-electron chi connectivity index (χ1n) is 10.1. The Balaban J connectivity index is 0.00000480. The third-order valence-corrected chi connectivity index (χ3v) is 4.61. The fraction of sp³-hybridized carbons (Fsp3) is 0.391. The topological polar surface area (TPSA) is 66.0 Å². The fourth-order valence-corrected chi connectivity index (χ4v) is 2.99. The highest BCUT2D eigenvalue weighted by Crippen LogP contribution is 2.21. The van der Waals surface area contributed by atoms with Crippen molar-refractivity contribution in [1.29, 1.82) is 0 Å². The van der Waals surface area contributed by atoms with E-state index in [1.165, 1.54) is 0 Å². The fourth-order valence-electron chi connectivity index (χ4n) is 2.76. The summed E-state index contributed by atoms with van der Waals surface area (Å²) in [6.45, 7) is 6.68. The van der Waals surface area contributed by atoms with Gasteiger partial charge in [0.05, 0.1) is 13.2 Å². The maximum absolute atomic E-state index is 12.0. The van der Waals surface area contributed by atoms with Crippen molar-refractivity contribution in [3.8, 4) is 5.75 Å². The lowest BCUT2D eigenvalue weighted by Crippen LogP contribution is -2.38. The molecule has 0 aliphatic rings. The highest BCUT2D eigenvalue weighted by atomic mass is 127. The SMILES string of the molecule is CCNC(=NCc1ccc(C(=O)N(C)C)cc1)NCCCOc1ccc(Cl)cc1C.I. The number of hydrogen-bond donors (Lipinski definition) is 2. The summed E-state index contributed by atoms with van der Waals surface area (Å²) >= 11 is 5.97. The van der Waals surface area contributed by atoms with Crippen LogP contribution in [0.15, 0.2) is 47.5 Å². The van der Waals surface area contributed by atoms with Crippen molar-refractivity contribution in [3.05, 3.63) is 64.2 Å². The van der Waals surface area contributed by atoms with E-state index < -0.39 is 0 Å². The number of aryl methyl sites for hydroxylation is 1. The summed E-state index contributed by atoms with van der Waals surface area (Å²) in [7, 11) is 3.49. The van der Waals surface area contributed by atoms with Gasteiger partial charge in [0.2, 0.25) is 0 Å². The van der Waals surface area contributed by atoms with Gasteiger partial charge in [-0.15, -0.1) is 24.0 Å². The zero-order valence-corrected chi connectivity index (χ0v) is 21.7. The van der Waals surface area contributed by atoms with Crippen LogP contribution in [0, 0.1) is 6.92 Å². The Morgan fingerprint density at radius 1 is 1.13 bits per heavy atom. The van der Waals surface area contributed by atoms with Crippen LogP contribution in [0.3, 0.4) is 0 Å². The highest BCUT2D eigenvalue weighted by molar-refractivity contribution is 14.0. The molecule has 170 valence electrons. The Morgan fingerprint density at radius 3 is 2.45 bits per heavy atom. The number of nitrogens with zero attached hydrogens (tertiary/aromatic N) is 2. The number of benzene rings is 2. The molecule has 0 radical (unpaired) electrons. The Morgan fingerprint density at radius 2 is 1.84 bits per heavy atom. The van der Waals surface area contributed by atoms with Gasteiger partial charge in [0.15, 0.2) is 5.96 Å². The lowest BCUT2D eigenvalue weighted by molar-refractivity contribution is 0.0827. The van der Waals surface area contributed by atoms with E-state index in [1.807, 2.05) is 56.3 Å². The normalized spacial score (nSPS) is 10.8. The van der Waals surface area contributed by atoms with Crippen molar-refractivity contribution in [1.82, 2.24) is 15.5 Å². The minimum absolute atomic E-state index is 0. The van der Waals surface area contributed by atoms with Crippen molar-refractivity contribution in [2.45, 2.75) is 26.8 Å². The van der Waals surface area contributed by atoms with E-state index in [2.05, 4.69) is 15.6 Å². The molecule has 0 aliphatic carbocycles. The van der Waals surface area contributed by atoms with Crippen LogP contribution in [0.1, 0.15) is 34.8 Å². The van der Waals surface area contributed by atoms with Gasteiger partial charge < -0.3 is 20.3 Å². The van der Waals surface area contributed by atoms with Crippen LogP contribution in [-0.2, 0) is 6.54 Å². The number of carbonyl (C=O) groups is 1. The van der Waals surface area contributed by atoms with E-state index in [4.69, 9.17) is 16.3 Å². The largest absolute Gasteiger partial charge is 0.493 e. The maximum atomic E-state index is 12.0. The monoisotopic (exact) mass is 558 g/mol. The second kappa shape index (κ2) is 14.1. The zero-order valence-electron chi connectivity index (χ0n) is 18.6. The Hall–Kier alpha value is -2.00. The van der Waals surface area contributed by atoms with E-state index in [0.29, 0.717) is 23.7 Å². The van der Waals surface area contributed by atoms with Crippen molar-refractivity contribution in [3.63, 3.8) is 0 Å². The Bertz CT molecular complexity index is 857. The third kappa shape index (κ3) is 9.35. The predicted molar refractivity (Wildman–Crippen MR) is 139 cm³/mol. The van der Waals surface area contributed by atoms with Gasteiger partial charge in [-0.05, 0) is 61.7 Å². The zero-order chi connectivity index (χ0) is 21.9. The number of guanidine groups is 1. The molecular formula is C23H32ClIN4O2. The van der Waals surface area contributed by atoms with Crippen LogP contribution < -0.4 is 15.4 Å². The molecule has 2 aromatic carbocycles. The second-order valence-corrected chi connectivity index (χ2v) is 7.57. The summed E-state index contributed by atoms with van der Waals surface area (Å²) in [5.74, 6) is 1.61. The molecule has 1 amide bonds. The third-order valence-electron chi connectivity index (χ3n) is 4.38. The van der Waals surface area contributed by atoms with Gasteiger partial charge in [-0.1, -0.05) is 23.7 Å². The first kappa shape index (κ1) is 27.0. The molecule has 2 aromatic rings. The molecule has 0 aromatic heterocycles. The molecule has 6 nitrogen and oxygen atoms in total. The maximum Gasteiger partial charge on any atom is 0.253 e. The van der Waals surface area contributed by atoms with Crippen molar-refractivity contribution in [2.24, 2.45) is 4.99 Å². The quantitative estimate of drug-likeness (QED) is 0.206. The van der Waals surface area contributed by atoms with Gasteiger partial charge in [-0.3, -0.25) is 4.79 Å². The molecule has 0 saturated carbocycles. The molecule has 0 atom stereocenters. The molecule has 0 bridgehead atoms. The summed E-state index contributed by atoms with van der Waals surface area (Å²) in [4.78, 5) is 18.1. The summed E-state index contributed by atoms with van der Waals surface area (Å²) in [6.07, 6.45) is 0.841. The van der Waals surface area contributed by atoms with Gasteiger partial charge in [0, 0.05) is 37.8 Å². The standard InChI is InChI=1S/C23H31ClN4O2.HI/c1-5-25-23(26-13-6-14-30-21-12-11-20(24)15-17(21)2)27-16-18-7-9-19(10-8-18)22(29)28(3)4;/h7-12,15H,5-6,13-14,16H2,1-4H3,(H2,25,26,27);1H. The van der Waals surface area contributed by atoms with Crippen LogP contribution in [-0.4, -0.2) is 50.6 Å². The summed E-state index contributed by atoms with van der Waals surface area (Å²) < 4.78 is 5.82. The number of rotatable bonds is 9. The van der Waals surface area contributed by atoms with Crippen molar-refractivity contribution in [2.75, 3.05) is 33.8 Å². The predicted octanol–water partition coefficient (Wildman–Crippen LogP) is 4.49. The molecule has 0 aliphatic heterocycles. The Kier molecular flexibility index (Phi) is 12.3. The number of aliphatic imine (C=N–C) groups is 1. The number of halogens is 2. The van der Waals surface area contributed by atoms with Crippen LogP contribution in [0.4, 0.5) is 0 Å². The van der Waals surface area contributed by atoms with E-state index in [0.717, 1.165) is 42.3 Å². The average molecular weight is 559 g/mol. The summed E-state index contributed by atoms with van der Waals surface area (Å²) in [6, 6.07) is 13.2. The number of nitrogens with one attached hydrogen (secondary N) is 2. The van der Waals surface area contributed by atoms with Gasteiger partial charge >= 0.3 is 0 Å². The van der Waals surface area contributed by atoms with E-state index in [1.54, 1.807) is 19.0 Å². The molecule has 0 heterocycles. The molecule has 0 spiro atoms. The molecule has 0 saturated heterocycles. The van der Waals surface area contributed by atoms with Crippen LogP contribution >= 0.6 is 35.6 Å². The van der Waals surface area contributed by atoms with Crippen molar-refractivity contribution < 1.29 is 9.53 Å². The minimum atomic E-state index is -0.00364. The highest BCUT2D eigenvalue weighted by Gasteiger charge is 2.07. The first-order chi connectivity index (χ1) is 14.4. The van der Waals surface area contributed by atoms with Crippen molar-refractivity contribution >= 4 is 47.4 Å². The lowest BCUT2D eigenvalue weighted by Gasteiger charge is -2.13. The molecule has 0 fully saturated rings. The van der Waals surface area contributed by atoms with Gasteiger partial charge in [0.1, 0.15) is 5.75 Å². The molecule has 2 rings (SSSR count). The number of carbonyl (C=O) groups excluding carboxylic acids is 1. The number of hydrogen-bond acceptors (Lipinski definition) is 3. The van der Waals surface area contributed by atoms with Gasteiger partial charge in [-0.2, -0.15) is 0 Å². The van der Waals surface area contributed by atoms with Crippen LogP contribution in [0.5, 0.6) is 5.75 Å². The van der Waals surface area contributed by atoms with E-state index in [9.17, 15) is 4.79 Å². The van der Waals surface area contributed by atoms with Crippen LogP contribution in [0.25, 0.3) is 0 Å². The molecule has 2 N–H and O–H groups in total. The molecule has 31 heavy (non-hydrogen) atoms. The van der Waals surface area contributed by atoms with E-state index >= 15 is 0 Å². The Labute approximate surface area is 207 Å². The summed E-state index contributed by atoms with van der Waals surface area (Å²) in [5.41, 5.74) is 2.75. The molecular weight excluding hydrogens is 527 g/mol. The van der Waals surface area contributed by atoms with E-state index in [-0.39, 0.29) is 29.9 Å². The van der Waals surface area contributed by atoms with Gasteiger partial charge in [0.25, 0.3) is 5.91 Å². The molecule has 0 unspecified atom stereocenters.